The zero-order chi connectivity index (χ0) is 15.5. The van der Waals surface area contributed by atoms with Crippen molar-refractivity contribution in [3.8, 4) is 0 Å². The van der Waals surface area contributed by atoms with Crippen molar-refractivity contribution in [3.63, 3.8) is 0 Å². The number of aromatic nitrogens is 2. The molecule has 3 rings (SSSR count). The summed E-state index contributed by atoms with van der Waals surface area (Å²) in [5, 5.41) is 0. The topological polar surface area (TPSA) is 66.1 Å². The van der Waals surface area contributed by atoms with Gasteiger partial charge < -0.3 is 9.88 Å². The molecule has 1 atom stereocenters. The van der Waals surface area contributed by atoms with E-state index in [0.29, 0.717) is 13.1 Å². The molecule has 1 fully saturated rings. The molecule has 1 unspecified atom stereocenters. The second-order valence-electron chi connectivity index (χ2n) is 5.40. The standard InChI is InChI=1S/C16H16FN3O2/c17-13-6-2-1-5-12(13)15(21)20-9-3-4-11(10-20)14-7-8-18-16(22)19-14/h1-2,5-8,11H,3-4,9-10H2,(H,18,19,22). The Labute approximate surface area is 126 Å². The van der Waals surface area contributed by atoms with Crippen LogP contribution in [0.2, 0.25) is 0 Å². The molecule has 0 radical (unpaired) electrons. The summed E-state index contributed by atoms with van der Waals surface area (Å²) in [5.41, 5.74) is 0.465. The van der Waals surface area contributed by atoms with Crippen LogP contribution in [0.5, 0.6) is 0 Å². The SMILES string of the molecule is O=C(c1ccccc1F)N1CCCC(c2ccnc(=O)[nH]2)C1. The highest BCUT2D eigenvalue weighted by molar-refractivity contribution is 5.94. The summed E-state index contributed by atoms with van der Waals surface area (Å²) in [7, 11) is 0. The lowest BCUT2D eigenvalue weighted by atomic mass is 9.94. The fourth-order valence-electron chi connectivity index (χ4n) is 2.84. The number of carbonyl (C=O) groups is 1. The molecule has 1 N–H and O–H groups in total. The van der Waals surface area contributed by atoms with Gasteiger partial charge in [0, 0.05) is 30.9 Å². The number of hydrogen-bond donors (Lipinski definition) is 1. The molecule has 2 heterocycles. The van der Waals surface area contributed by atoms with Gasteiger partial charge in [0.25, 0.3) is 5.91 Å². The van der Waals surface area contributed by atoms with E-state index < -0.39 is 11.5 Å². The molecule has 22 heavy (non-hydrogen) atoms. The molecule has 0 bridgehead atoms. The predicted molar refractivity (Wildman–Crippen MR) is 79.1 cm³/mol. The zero-order valence-electron chi connectivity index (χ0n) is 12.0. The van der Waals surface area contributed by atoms with Crippen LogP contribution in [-0.2, 0) is 0 Å². The van der Waals surface area contributed by atoms with Gasteiger partial charge in [0.2, 0.25) is 0 Å². The molecule has 5 nitrogen and oxygen atoms in total. The lowest BCUT2D eigenvalue weighted by molar-refractivity contribution is 0.0701. The van der Waals surface area contributed by atoms with Gasteiger partial charge in [-0.3, -0.25) is 4.79 Å². The number of benzene rings is 1. The first-order valence-corrected chi connectivity index (χ1v) is 7.24. The fraction of sp³-hybridized carbons (Fsp3) is 0.312. The summed E-state index contributed by atoms with van der Waals surface area (Å²) in [4.78, 5) is 31.7. The van der Waals surface area contributed by atoms with Crippen molar-refractivity contribution in [2.45, 2.75) is 18.8 Å². The molecule has 0 saturated carbocycles. The van der Waals surface area contributed by atoms with Crippen LogP contribution in [0, 0.1) is 5.82 Å². The van der Waals surface area contributed by atoms with E-state index in [0.717, 1.165) is 18.5 Å². The Hall–Kier alpha value is -2.50. The van der Waals surface area contributed by atoms with Gasteiger partial charge in [0.1, 0.15) is 5.82 Å². The first kappa shape index (κ1) is 14.4. The van der Waals surface area contributed by atoms with Gasteiger partial charge in [0.15, 0.2) is 0 Å². The summed E-state index contributed by atoms with van der Waals surface area (Å²) in [5.74, 6) is -0.772. The molecule has 1 aliphatic heterocycles. The number of piperidine rings is 1. The molecule has 0 spiro atoms. The van der Waals surface area contributed by atoms with Crippen LogP contribution in [0.1, 0.15) is 34.8 Å². The molecule has 6 heteroatoms. The van der Waals surface area contributed by atoms with E-state index in [1.807, 2.05) is 0 Å². The van der Waals surface area contributed by atoms with Crippen molar-refractivity contribution in [2.75, 3.05) is 13.1 Å². The number of nitrogens with one attached hydrogen (secondary N) is 1. The van der Waals surface area contributed by atoms with Crippen LogP contribution in [0.15, 0.2) is 41.3 Å². The minimum Gasteiger partial charge on any atom is -0.338 e. The molecule has 1 aromatic heterocycles. The van der Waals surface area contributed by atoms with Gasteiger partial charge in [-0.1, -0.05) is 12.1 Å². The van der Waals surface area contributed by atoms with Crippen LogP contribution in [0.4, 0.5) is 4.39 Å². The number of aromatic amines is 1. The molecule has 1 aliphatic rings. The van der Waals surface area contributed by atoms with E-state index in [1.165, 1.54) is 18.3 Å². The Balaban J connectivity index is 1.80. The lowest BCUT2D eigenvalue weighted by Gasteiger charge is -2.32. The zero-order valence-corrected chi connectivity index (χ0v) is 12.0. The second-order valence-corrected chi connectivity index (χ2v) is 5.40. The molecular formula is C16H16FN3O2. The molecule has 1 aromatic carbocycles. The van der Waals surface area contributed by atoms with Gasteiger partial charge in [-0.25, -0.2) is 14.2 Å². The third-order valence-corrected chi connectivity index (χ3v) is 3.95. The smallest absolute Gasteiger partial charge is 0.338 e. The van der Waals surface area contributed by atoms with Gasteiger partial charge >= 0.3 is 5.69 Å². The highest BCUT2D eigenvalue weighted by atomic mass is 19.1. The van der Waals surface area contributed by atoms with E-state index in [4.69, 9.17) is 0 Å². The number of carbonyl (C=O) groups excluding carboxylic acids is 1. The van der Waals surface area contributed by atoms with Crippen molar-refractivity contribution in [3.05, 3.63) is 64.1 Å². The number of likely N-dealkylation sites (tertiary alicyclic amines) is 1. The summed E-state index contributed by atoms with van der Waals surface area (Å²) in [6.45, 7) is 1.06. The Morgan fingerprint density at radius 3 is 2.91 bits per heavy atom. The molecule has 1 saturated heterocycles. The van der Waals surface area contributed by atoms with Crippen LogP contribution in [-0.4, -0.2) is 33.9 Å². The molecule has 0 aliphatic carbocycles. The van der Waals surface area contributed by atoms with E-state index in [9.17, 15) is 14.0 Å². The monoisotopic (exact) mass is 301 g/mol. The molecular weight excluding hydrogens is 285 g/mol. The summed E-state index contributed by atoms with van der Waals surface area (Å²) in [6.07, 6.45) is 3.15. The normalized spacial score (nSPS) is 18.2. The first-order chi connectivity index (χ1) is 10.6. The number of hydrogen-bond acceptors (Lipinski definition) is 3. The van der Waals surface area contributed by atoms with E-state index >= 15 is 0 Å². The number of rotatable bonds is 2. The van der Waals surface area contributed by atoms with Crippen molar-refractivity contribution in [2.24, 2.45) is 0 Å². The van der Waals surface area contributed by atoms with Gasteiger partial charge in [-0.2, -0.15) is 0 Å². The maximum absolute atomic E-state index is 13.8. The summed E-state index contributed by atoms with van der Waals surface area (Å²) >= 11 is 0. The quantitative estimate of drug-likeness (QED) is 0.921. The Morgan fingerprint density at radius 2 is 2.14 bits per heavy atom. The minimum atomic E-state index is -0.507. The third kappa shape index (κ3) is 2.90. The minimum absolute atomic E-state index is 0.0418. The largest absolute Gasteiger partial charge is 0.345 e. The Bertz CT molecular complexity index is 744. The van der Waals surface area contributed by atoms with Gasteiger partial charge in [0.05, 0.1) is 5.56 Å². The highest BCUT2D eigenvalue weighted by Crippen LogP contribution is 2.26. The third-order valence-electron chi connectivity index (χ3n) is 3.95. The lowest BCUT2D eigenvalue weighted by Crippen LogP contribution is -2.40. The maximum atomic E-state index is 13.8. The average molecular weight is 301 g/mol. The van der Waals surface area contributed by atoms with Gasteiger partial charge in [-0.15, -0.1) is 0 Å². The van der Waals surface area contributed by atoms with Crippen molar-refractivity contribution >= 4 is 5.91 Å². The number of halogens is 1. The van der Waals surface area contributed by atoms with Crippen molar-refractivity contribution in [1.29, 1.82) is 0 Å². The number of H-pyrrole nitrogens is 1. The van der Waals surface area contributed by atoms with Crippen molar-refractivity contribution < 1.29 is 9.18 Å². The van der Waals surface area contributed by atoms with Crippen LogP contribution >= 0.6 is 0 Å². The molecule has 2 aromatic rings. The van der Waals surface area contributed by atoms with E-state index in [2.05, 4.69) is 9.97 Å². The van der Waals surface area contributed by atoms with Crippen molar-refractivity contribution in [1.82, 2.24) is 14.9 Å². The second kappa shape index (κ2) is 6.09. The van der Waals surface area contributed by atoms with E-state index in [-0.39, 0.29) is 17.4 Å². The Morgan fingerprint density at radius 1 is 1.32 bits per heavy atom. The Kier molecular flexibility index (Phi) is 4.00. The molecule has 114 valence electrons. The highest BCUT2D eigenvalue weighted by Gasteiger charge is 2.27. The van der Waals surface area contributed by atoms with Crippen LogP contribution in [0.25, 0.3) is 0 Å². The van der Waals surface area contributed by atoms with Crippen LogP contribution < -0.4 is 5.69 Å². The first-order valence-electron chi connectivity index (χ1n) is 7.24. The average Bonchev–Trinajstić information content (AvgIpc) is 2.55. The van der Waals surface area contributed by atoms with E-state index in [1.54, 1.807) is 23.1 Å². The van der Waals surface area contributed by atoms with Crippen LogP contribution in [0.3, 0.4) is 0 Å². The number of nitrogens with zero attached hydrogens (tertiary/aromatic N) is 2. The summed E-state index contributed by atoms with van der Waals surface area (Å²) in [6, 6.07) is 7.75. The van der Waals surface area contributed by atoms with Gasteiger partial charge in [-0.05, 0) is 31.0 Å². The number of amides is 1. The summed E-state index contributed by atoms with van der Waals surface area (Å²) < 4.78 is 13.8. The molecule has 1 amide bonds. The maximum Gasteiger partial charge on any atom is 0.345 e. The predicted octanol–water partition coefficient (Wildman–Crippen LogP) is 1.93. The fourth-order valence-corrected chi connectivity index (χ4v) is 2.84.